The van der Waals surface area contributed by atoms with Crippen LogP contribution < -0.4 is 10.6 Å². The van der Waals surface area contributed by atoms with Crippen LogP contribution >= 0.6 is 23.4 Å². The molecular weight excluding hydrogens is 462 g/mol. The summed E-state index contributed by atoms with van der Waals surface area (Å²) in [5, 5.41) is 11.0. The number of benzene rings is 1. The van der Waals surface area contributed by atoms with Crippen molar-refractivity contribution in [3.63, 3.8) is 0 Å². The lowest BCUT2D eigenvalue weighted by Crippen LogP contribution is -2.51. The fourth-order valence-corrected chi connectivity index (χ4v) is 5.72. The predicted molar refractivity (Wildman–Crippen MR) is 129 cm³/mol. The summed E-state index contributed by atoms with van der Waals surface area (Å²) in [5.41, 5.74) is 7.40. The molecule has 0 bridgehead atoms. The van der Waals surface area contributed by atoms with Gasteiger partial charge in [0.1, 0.15) is 10.7 Å². The highest BCUT2D eigenvalue weighted by Crippen LogP contribution is 2.42. The Bertz CT molecular complexity index is 1030. The molecule has 2 aliphatic heterocycles. The molecule has 2 fully saturated rings. The SMILES string of the molecule is C[C@@H]1OCC2(CCN(c3ncc(Sc4cccc(C(=O)N(C)C)c4Cl)nc3CO)CC2)[C@@H]1N. The highest BCUT2D eigenvalue weighted by molar-refractivity contribution is 7.99. The van der Waals surface area contributed by atoms with E-state index in [1.165, 1.54) is 16.7 Å². The molecule has 0 unspecified atom stereocenters. The molecule has 0 radical (unpaired) electrons. The second-order valence-corrected chi connectivity index (χ2v) is 10.4. The zero-order valence-electron chi connectivity index (χ0n) is 19.1. The minimum absolute atomic E-state index is 0.0181. The van der Waals surface area contributed by atoms with Crippen molar-refractivity contribution in [2.75, 3.05) is 38.7 Å². The van der Waals surface area contributed by atoms with Gasteiger partial charge in [0, 0.05) is 43.5 Å². The van der Waals surface area contributed by atoms with Crippen LogP contribution in [0.3, 0.4) is 0 Å². The van der Waals surface area contributed by atoms with Crippen molar-refractivity contribution < 1.29 is 14.6 Å². The second-order valence-electron chi connectivity index (χ2n) is 8.95. The summed E-state index contributed by atoms with van der Waals surface area (Å²) in [6, 6.07) is 5.38. The topological polar surface area (TPSA) is 105 Å². The molecule has 1 spiro atoms. The fraction of sp³-hybridized carbons (Fsp3) is 0.522. The van der Waals surface area contributed by atoms with Gasteiger partial charge < -0.3 is 25.4 Å². The van der Waals surface area contributed by atoms with Crippen molar-refractivity contribution in [2.24, 2.45) is 11.1 Å². The van der Waals surface area contributed by atoms with Gasteiger partial charge in [-0.05, 0) is 31.9 Å². The molecule has 1 amide bonds. The summed E-state index contributed by atoms with van der Waals surface area (Å²) >= 11 is 7.83. The molecule has 33 heavy (non-hydrogen) atoms. The van der Waals surface area contributed by atoms with Crippen LogP contribution in [0.1, 0.15) is 35.8 Å². The van der Waals surface area contributed by atoms with Gasteiger partial charge in [-0.15, -0.1) is 0 Å². The Balaban J connectivity index is 1.51. The Morgan fingerprint density at radius 2 is 2.12 bits per heavy atom. The van der Waals surface area contributed by atoms with Crippen molar-refractivity contribution >= 4 is 35.1 Å². The van der Waals surface area contributed by atoms with Crippen LogP contribution in [0.4, 0.5) is 5.82 Å². The quantitative estimate of drug-likeness (QED) is 0.657. The predicted octanol–water partition coefficient (Wildman–Crippen LogP) is 2.81. The van der Waals surface area contributed by atoms with Gasteiger partial charge in [-0.3, -0.25) is 4.79 Å². The number of halogens is 1. The van der Waals surface area contributed by atoms with Crippen molar-refractivity contribution in [2.45, 2.75) is 48.4 Å². The Hall–Kier alpha value is -1.91. The number of anilines is 1. The third-order valence-corrected chi connectivity index (χ3v) is 8.16. The van der Waals surface area contributed by atoms with Crippen LogP contribution in [0, 0.1) is 5.41 Å². The van der Waals surface area contributed by atoms with Gasteiger partial charge in [0.15, 0.2) is 5.82 Å². The first-order valence-electron chi connectivity index (χ1n) is 11.0. The monoisotopic (exact) mass is 491 g/mol. The molecule has 2 aliphatic rings. The van der Waals surface area contributed by atoms with Gasteiger partial charge >= 0.3 is 0 Å². The van der Waals surface area contributed by atoms with Crippen molar-refractivity contribution in [1.82, 2.24) is 14.9 Å². The summed E-state index contributed by atoms with van der Waals surface area (Å²) in [4.78, 5) is 26.0. The van der Waals surface area contributed by atoms with Crippen LogP contribution in [-0.4, -0.2) is 71.8 Å². The van der Waals surface area contributed by atoms with Crippen LogP contribution in [0.5, 0.6) is 0 Å². The van der Waals surface area contributed by atoms with E-state index in [9.17, 15) is 9.90 Å². The number of piperidine rings is 1. The number of aliphatic hydroxyl groups is 1. The third-order valence-electron chi connectivity index (χ3n) is 6.67. The molecule has 4 rings (SSSR count). The Kier molecular flexibility index (Phi) is 7.16. The first-order chi connectivity index (χ1) is 15.8. The lowest BCUT2D eigenvalue weighted by Gasteiger charge is -2.41. The van der Waals surface area contributed by atoms with E-state index in [0.29, 0.717) is 38.6 Å². The molecule has 10 heteroatoms. The van der Waals surface area contributed by atoms with E-state index in [2.05, 4.69) is 14.9 Å². The summed E-state index contributed by atoms with van der Waals surface area (Å²) in [6.07, 6.45) is 3.61. The standard InChI is InChI=1S/C23H30ClN5O3S/c1-14-20(25)23(13-32-14)7-9-29(10-8-23)21-16(12-30)27-18(11-26-21)33-17-6-4-5-15(19(17)24)22(31)28(2)3/h4-6,11,14,20,30H,7-10,12-13,25H2,1-3H3/t14-,20+/m0/s1. The van der Waals surface area contributed by atoms with E-state index < -0.39 is 0 Å². The Labute approximate surface area is 203 Å². The average molecular weight is 492 g/mol. The lowest BCUT2D eigenvalue weighted by atomic mass is 9.73. The number of ether oxygens (including phenoxy) is 1. The zero-order chi connectivity index (χ0) is 23.8. The van der Waals surface area contributed by atoms with Gasteiger partial charge in [0.05, 0.1) is 36.1 Å². The highest BCUT2D eigenvalue weighted by atomic mass is 35.5. The summed E-state index contributed by atoms with van der Waals surface area (Å²) in [5.74, 6) is 0.532. The maximum absolute atomic E-state index is 12.4. The zero-order valence-corrected chi connectivity index (χ0v) is 20.7. The van der Waals surface area contributed by atoms with Crippen LogP contribution in [-0.2, 0) is 11.3 Å². The molecular formula is C23H30ClN5O3S. The van der Waals surface area contributed by atoms with E-state index in [1.807, 2.05) is 13.0 Å². The Morgan fingerprint density at radius 1 is 1.39 bits per heavy atom. The van der Waals surface area contributed by atoms with E-state index in [0.717, 1.165) is 25.9 Å². The molecule has 3 heterocycles. The fourth-order valence-electron chi connectivity index (χ4n) is 4.57. The number of nitrogens with zero attached hydrogens (tertiary/aromatic N) is 4. The number of carbonyl (C=O) groups is 1. The number of nitrogens with two attached hydrogens (primary N) is 1. The smallest absolute Gasteiger partial charge is 0.254 e. The summed E-state index contributed by atoms with van der Waals surface area (Å²) < 4.78 is 5.81. The van der Waals surface area contributed by atoms with Gasteiger partial charge in [-0.25, -0.2) is 9.97 Å². The molecule has 178 valence electrons. The normalized spacial score (nSPS) is 22.1. The van der Waals surface area contributed by atoms with Crippen LogP contribution in [0.25, 0.3) is 0 Å². The number of aliphatic hydroxyl groups excluding tert-OH is 1. The second kappa shape index (κ2) is 9.76. The first kappa shape index (κ1) is 24.2. The van der Waals surface area contributed by atoms with Crippen LogP contribution in [0.15, 0.2) is 34.3 Å². The molecule has 1 aromatic carbocycles. The number of carbonyl (C=O) groups excluding carboxylic acids is 1. The molecule has 2 aromatic rings. The Morgan fingerprint density at radius 3 is 2.73 bits per heavy atom. The van der Waals surface area contributed by atoms with Gasteiger partial charge in [-0.1, -0.05) is 29.4 Å². The van der Waals surface area contributed by atoms with Gasteiger partial charge in [0.25, 0.3) is 5.91 Å². The third kappa shape index (κ3) is 4.70. The largest absolute Gasteiger partial charge is 0.390 e. The van der Waals surface area contributed by atoms with Gasteiger partial charge in [0.2, 0.25) is 0 Å². The molecule has 8 nitrogen and oxygen atoms in total. The summed E-state index contributed by atoms with van der Waals surface area (Å²) in [6.45, 7) is 4.10. The van der Waals surface area contributed by atoms with E-state index in [1.54, 1.807) is 32.4 Å². The van der Waals surface area contributed by atoms with E-state index in [-0.39, 0.29) is 30.1 Å². The number of amides is 1. The van der Waals surface area contributed by atoms with E-state index >= 15 is 0 Å². The molecule has 3 N–H and O–H groups in total. The van der Waals surface area contributed by atoms with Crippen LogP contribution in [0.2, 0.25) is 5.02 Å². The minimum atomic E-state index is -0.217. The van der Waals surface area contributed by atoms with Gasteiger partial charge in [-0.2, -0.15) is 0 Å². The molecule has 0 aliphatic carbocycles. The maximum atomic E-state index is 12.4. The number of hydrogen-bond acceptors (Lipinski definition) is 8. The molecule has 2 saturated heterocycles. The first-order valence-corrected chi connectivity index (χ1v) is 12.2. The minimum Gasteiger partial charge on any atom is -0.390 e. The summed E-state index contributed by atoms with van der Waals surface area (Å²) in [7, 11) is 3.37. The van der Waals surface area contributed by atoms with E-state index in [4.69, 9.17) is 22.1 Å². The number of hydrogen-bond donors (Lipinski definition) is 2. The number of aromatic nitrogens is 2. The number of rotatable bonds is 5. The average Bonchev–Trinajstić information content (AvgIpc) is 3.09. The molecule has 1 aromatic heterocycles. The lowest BCUT2D eigenvalue weighted by molar-refractivity contribution is 0.0827. The van der Waals surface area contributed by atoms with Crippen molar-refractivity contribution in [3.8, 4) is 0 Å². The molecule has 2 atom stereocenters. The van der Waals surface area contributed by atoms with Crippen molar-refractivity contribution in [3.05, 3.63) is 40.7 Å². The maximum Gasteiger partial charge on any atom is 0.254 e. The van der Waals surface area contributed by atoms with Crippen molar-refractivity contribution in [1.29, 1.82) is 0 Å². The molecule has 0 saturated carbocycles. The highest BCUT2D eigenvalue weighted by Gasteiger charge is 2.47.